The van der Waals surface area contributed by atoms with Gasteiger partial charge in [-0.3, -0.25) is 4.98 Å². The van der Waals surface area contributed by atoms with Gasteiger partial charge in [0.2, 0.25) is 0 Å². The van der Waals surface area contributed by atoms with Gasteiger partial charge in [0.1, 0.15) is 0 Å². The summed E-state index contributed by atoms with van der Waals surface area (Å²) in [4.78, 5) is 15.3. The first-order chi connectivity index (χ1) is 6.49. The molecule has 3 nitrogen and oxygen atoms in total. The summed E-state index contributed by atoms with van der Waals surface area (Å²) in [5, 5.41) is 9.03. The topological polar surface area (TPSA) is 50.2 Å². The summed E-state index contributed by atoms with van der Waals surface area (Å²) >= 11 is 3.25. The van der Waals surface area contributed by atoms with Crippen LogP contribution in [0.4, 0.5) is 0 Å². The Morgan fingerprint density at radius 2 is 2.07 bits per heavy atom. The molecule has 0 bridgehead atoms. The molecule has 0 aromatic carbocycles. The lowest BCUT2D eigenvalue weighted by Crippen LogP contribution is -2.08. The molecule has 1 N–H and O–H groups in total. The first-order valence-electron chi connectivity index (χ1n) is 4.37. The fraction of sp³-hybridized carbons (Fsp3) is 0.400. The fourth-order valence-corrected chi connectivity index (χ4v) is 1.98. The van der Waals surface area contributed by atoms with Crippen LogP contribution in [0.15, 0.2) is 4.47 Å². The largest absolute Gasteiger partial charge is 0.478 e. The summed E-state index contributed by atoms with van der Waals surface area (Å²) in [5.41, 5.74) is 2.65. The molecule has 0 aliphatic rings. The number of aromatic carboxylic acids is 1. The molecule has 0 saturated heterocycles. The van der Waals surface area contributed by atoms with Gasteiger partial charge >= 0.3 is 5.97 Å². The molecule has 1 aromatic heterocycles. The summed E-state index contributed by atoms with van der Waals surface area (Å²) in [6, 6.07) is 0. The highest BCUT2D eigenvalue weighted by Crippen LogP contribution is 2.25. The van der Waals surface area contributed by atoms with Gasteiger partial charge < -0.3 is 5.11 Å². The molecule has 0 amide bonds. The molecule has 0 aliphatic heterocycles. The van der Waals surface area contributed by atoms with Crippen LogP contribution in [-0.2, 0) is 6.42 Å². The normalized spacial score (nSPS) is 10.3. The van der Waals surface area contributed by atoms with E-state index >= 15 is 0 Å². The number of hydrogen-bond donors (Lipinski definition) is 1. The number of rotatable bonds is 2. The van der Waals surface area contributed by atoms with Crippen molar-refractivity contribution < 1.29 is 9.90 Å². The van der Waals surface area contributed by atoms with Crippen molar-refractivity contribution in [2.24, 2.45) is 0 Å². The van der Waals surface area contributed by atoms with E-state index in [2.05, 4.69) is 20.9 Å². The van der Waals surface area contributed by atoms with Crippen LogP contribution < -0.4 is 0 Å². The summed E-state index contributed by atoms with van der Waals surface area (Å²) < 4.78 is 0.583. The first kappa shape index (κ1) is 11.2. The van der Waals surface area contributed by atoms with Crippen LogP contribution in [0.2, 0.25) is 0 Å². The average molecular weight is 258 g/mol. The van der Waals surface area contributed by atoms with E-state index in [1.165, 1.54) is 0 Å². The van der Waals surface area contributed by atoms with Crippen molar-refractivity contribution in [3.63, 3.8) is 0 Å². The van der Waals surface area contributed by atoms with Crippen molar-refractivity contribution >= 4 is 21.9 Å². The van der Waals surface area contributed by atoms with Crippen molar-refractivity contribution in [3.05, 3.63) is 27.0 Å². The lowest BCUT2D eigenvalue weighted by molar-refractivity contribution is 0.0694. The molecule has 4 heteroatoms. The number of nitrogens with zero attached hydrogens (tertiary/aromatic N) is 1. The molecule has 0 fully saturated rings. The van der Waals surface area contributed by atoms with Gasteiger partial charge in [0.15, 0.2) is 0 Å². The molecule has 0 saturated carbocycles. The van der Waals surface area contributed by atoms with Gasteiger partial charge in [-0.2, -0.15) is 0 Å². The van der Waals surface area contributed by atoms with E-state index in [1.54, 1.807) is 13.8 Å². The number of hydrogen-bond acceptors (Lipinski definition) is 2. The minimum Gasteiger partial charge on any atom is -0.478 e. The molecule has 0 spiro atoms. The van der Waals surface area contributed by atoms with E-state index in [-0.39, 0.29) is 0 Å². The Bertz CT molecular complexity index is 388. The lowest BCUT2D eigenvalue weighted by atomic mass is 10.1. The number of aromatic nitrogens is 1. The van der Waals surface area contributed by atoms with Crippen molar-refractivity contribution in [2.45, 2.75) is 27.2 Å². The van der Waals surface area contributed by atoms with Gasteiger partial charge in [-0.1, -0.05) is 6.92 Å². The first-order valence-corrected chi connectivity index (χ1v) is 5.17. The van der Waals surface area contributed by atoms with Gasteiger partial charge in [0.25, 0.3) is 0 Å². The zero-order chi connectivity index (χ0) is 10.9. The van der Waals surface area contributed by atoms with Crippen LogP contribution in [0.1, 0.15) is 34.2 Å². The van der Waals surface area contributed by atoms with Gasteiger partial charge in [-0.05, 0) is 41.8 Å². The second kappa shape index (κ2) is 4.09. The third-order valence-corrected chi connectivity index (χ3v) is 3.17. The highest BCUT2D eigenvalue weighted by atomic mass is 79.9. The van der Waals surface area contributed by atoms with E-state index in [9.17, 15) is 4.79 Å². The number of carboxylic acids is 1. The molecule has 76 valence electrons. The molecular weight excluding hydrogens is 246 g/mol. The van der Waals surface area contributed by atoms with Gasteiger partial charge in [-0.25, -0.2) is 4.79 Å². The Hall–Kier alpha value is -0.900. The third-order valence-electron chi connectivity index (χ3n) is 2.20. The summed E-state index contributed by atoms with van der Waals surface area (Å²) in [7, 11) is 0. The average Bonchev–Trinajstić information content (AvgIpc) is 2.11. The summed E-state index contributed by atoms with van der Waals surface area (Å²) in [5.74, 6) is -0.908. The van der Waals surface area contributed by atoms with Crippen molar-refractivity contribution in [1.82, 2.24) is 4.98 Å². The molecule has 0 aliphatic carbocycles. The summed E-state index contributed by atoms with van der Waals surface area (Å²) in [6.07, 6.45) is 0.750. The maximum Gasteiger partial charge on any atom is 0.337 e. The third kappa shape index (κ3) is 1.80. The van der Waals surface area contributed by atoms with E-state index in [4.69, 9.17) is 5.11 Å². The van der Waals surface area contributed by atoms with Crippen LogP contribution in [0, 0.1) is 13.8 Å². The monoisotopic (exact) mass is 257 g/mol. The minimum atomic E-state index is -0.908. The van der Waals surface area contributed by atoms with Crippen LogP contribution in [0.3, 0.4) is 0 Å². The smallest absolute Gasteiger partial charge is 0.337 e. The molecule has 0 atom stereocenters. The van der Waals surface area contributed by atoms with Gasteiger partial charge in [0.05, 0.1) is 15.7 Å². The number of pyridine rings is 1. The number of carboxylic acid groups (broad SMARTS) is 1. The number of halogens is 1. The second-order valence-electron chi connectivity index (χ2n) is 3.12. The van der Waals surface area contributed by atoms with Crippen molar-refractivity contribution in [3.8, 4) is 0 Å². The Morgan fingerprint density at radius 1 is 1.50 bits per heavy atom. The quantitative estimate of drug-likeness (QED) is 0.887. The zero-order valence-electron chi connectivity index (χ0n) is 8.39. The Labute approximate surface area is 91.3 Å². The van der Waals surface area contributed by atoms with Crippen LogP contribution in [0.25, 0.3) is 0 Å². The lowest BCUT2D eigenvalue weighted by Gasteiger charge is -2.10. The maximum absolute atomic E-state index is 11.0. The van der Waals surface area contributed by atoms with E-state index in [0.29, 0.717) is 10.0 Å². The number of aryl methyl sites for hydroxylation is 2. The predicted molar refractivity (Wildman–Crippen MR) is 57.7 cm³/mol. The SMILES string of the molecule is CCc1nc(C)c(Br)c(C(=O)O)c1C. The van der Waals surface area contributed by atoms with Crippen LogP contribution >= 0.6 is 15.9 Å². The van der Waals surface area contributed by atoms with Gasteiger partial charge in [-0.15, -0.1) is 0 Å². The minimum absolute atomic E-state index is 0.328. The molecular formula is C10H12BrNO2. The molecule has 1 aromatic rings. The van der Waals surface area contributed by atoms with E-state index < -0.39 is 5.97 Å². The zero-order valence-corrected chi connectivity index (χ0v) is 9.97. The van der Waals surface area contributed by atoms with Gasteiger partial charge in [0, 0.05) is 5.69 Å². The second-order valence-corrected chi connectivity index (χ2v) is 3.91. The fourth-order valence-electron chi connectivity index (χ4n) is 1.42. The van der Waals surface area contributed by atoms with Crippen LogP contribution in [-0.4, -0.2) is 16.1 Å². The summed E-state index contributed by atoms with van der Waals surface area (Å²) in [6.45, 7) is 5.56. The maximum atomic E-state index is 11.0. The molecule has 1 heterocycles. The highest BCUT2D eigenvalue weighted by Gasteiger charge is 2.17. The Balaban J connectivity index is 3.53. The van der Waals surface area contributed by atoms with Crippen molar-refractivity contribution in [2.75, 3.05) is 0 Å². The molecule has 1 rings (SSSR count). The predicted octanol–water partition coefficient (Wildman–Crippen LogP) is 2.72. The standard InChI is InChI=1S/C10H12BrNO2/c1-4-7-5(2)8(10(13)14)9(11)6(3)12-7/h4H2,1-3H3,(H,13,14). The van der Waals surface area contributed by atoms with E-state index in [0.717, 1.165) is 23.4 Å². The Kier molecular flexibility index (Phi) is 3.26. The highest BCUT2D eigenvalue weighted by molar-refractivity contribution is 9.10. The molecule has 14 heavy (non-hydrogen) atoms. The van der Waals surface area contributed by atoms with Crippen LogP contribution in [0.5, 0.6) is 0 Å². The number of carbonyl (C=O) groups is 1. The van der Waals surface area contributed by atoms with Crippen molar-refractivity contribution in [1.29, 1.82) is 0 Å². The molecule has 0 radical (unpaired) electrons. The molecule has 0 unspecified atom stereocenters. The van der Waals surface area contributed by atoms with E-state index in [1.807, 2.05) is 6.92 Å². The Morgan fingerprint density at radius 3 is 2.50 bits per heavy atom.